The smallest absolute Gasteiger partial charge is 0.307 e. The Kier molecular flexibility index (Phi) is 12.2. The number of carbonyl (C=O) groups is 5. The van der Waals surface area contributed by atoms with Crippen LogP contribution in [0.25, 0.3) is 0 Å². The first kappa shape index (κ1) is 43.0. The van der Waals surface area contributed by atoms with Crippen molar-refractivity contribution in [2.75, 3.05) is 33.3 Å². The second-order valence-corrected chi connectivity index (χ2v) is 21.4. The number of hydrogen-bond donors (Lipinski definition) is 1. The van der Waals surface area contributed by atoms with Gasteiger partial charge in [-0.25, -0.2) is 0 Å². The molecule has 1 N–H and O–H groups in total. The molecule has 56 heavy (non-hydrogen) atoms. The van der Waals surface area contributed by atoms with Gasteiger partial charge in [-0.15, -0.1) is 0 Å². The van der Waals surface area contributed by atoms with Gasteiger partial charge >= 0.3 is 5.97 Å². The van der Waals surface area contributed by atoms with Crippen LogP contribution in [0.5, 0.6) is 0 Å². The summed E-state index contributed by atoms with van der Waals surface area (Å²) in [6.07, 6.45) is 14.6. The number of allylic oxidation sites excluding steroid dienone is 2. The summed E-state index contributed by atoms with van der Waals surface area (Å²) >= 11 is 0. The van der Waals surface area contributed by atoms with E-state index < -0.39 is 5.41 Å². The van der Waals surface area contributed by atoms with E-state index in [0.29, 0.717) is 61.3 Å². The number of esters is 1. The van der Waals surface area contributed by atoms with Crippen LogP contribution in [-0.4, -0.2) is 84.2 Å². The third-order valence-corrected chi connectivity index (χ3v) is 16.8. The van der Waals surface area contributed by atoms with Crippen molar-refractivity contribution in [3.05, 3.63) is 11.1 Å². The van der Waals surface area contributed by atoms with Crippen LogP contribution in [0.4, 0.5) is 0 Å². The van der Waals surface area contributed by atoms with E-state index in [2.05, 4.69) is 46.4 Å². The molecule has 0 bridgehead atoms. The summed E-state index contributed by atoms with van der Waals surface area (Å²) in [5.74, 6) is 2.97. The number of likely N-dealkylation sites (tertiary alicyclic amines) is 1. The number of rotatable bonds is 12. The molecule has 6 aliphatic carbocycles. The zero-order valence-electron chi connectivity index (χ0n) is 36.3. The first-order valence-corrected chi connectivity index (χ1v) is 22.3. The maximum atomic E-state index is 14.1. The molecule has 7 rings (SSSR count). The first-order valence-electron chi connectivity index (χ1n) is 22.3. The van der Waals surface area contributed by atoms with Crippen molar-refractivity contribution in [1.82, 2.24) is 9.80 Å². The van der Waals surface area contributed by atoms with Gasteiger partial charge in [-0.1, -0.05) is 61.0 Å². The van der Waals surface area contributed by atoms with E-state index >= 15 is 0 Å². The molecular formula is C47H74N2O7. The summed E-state index contributed by atoms with van der Waals surface area (Å²) in [6.45, 7) is 20.1. The van der Waals surface area contributed by atoms with E-state index in [0.717, 1.165) is 89.7 Å². The quantitative estimate of drug-likeness (QED) is 0.158. The normalized spacial score (nSPS) is 36.2. The van der Waals surface area contributed by atoms with E-state index in [1.807, 2.05) is 0 Å². The van der Waals surface area contributed by atoms with Gasteiger partial charge in [0.25, 0.3) is 0 Å². The summed E-state index contributed by atoms with van der Waals surface area (Å²) in [5.41, 5.74) is 1.85. The van der Waals surface area contributed by atoms with Gasteiger partial charge in [0.1, 0.15) is 12.4 Å². The molecule has 0 aromatic carbocycles. The topological polar surface area (TPSA) is 121 Å². The highest BCUT2D eigenvalue weighted by Crippen LogP contribution is 2.73. The Hall–Kier alpha value is -2.55. The Labute approximate surface area is 337 Å². The van der Waals surface area contributed by atoms with E-state index in [1.165, 1.54) is 18.4 Å². The maximum absolute atomic E-state index is 14.1. The fourth-order valence-corrected chi connectivity index (χ4v) is 14.0. The van der Waals surface area contributed by atoms with Crippen molar-refractivity contribution in [2.24, 2.45) is 62.6 Å². The van der Waals surface area contributed by atoms with Gasteiger partial charge in [0, 0.05) is 55.8 Å². The van der Waals surface area contributed by atoms with Gasteiger partial charge in [0.2, 0.25) is 11.8 Å². The number of aliphatic hydroxyl groups excluding tert-OH is 1. The van der Waals surface area contributed by atoms with Gasteiger partial charge in [0.05, 0.1) is 13.0 Å². The van der Waals surface area contributed by atoms with Crippen LogP contribution >= 0.6 is 0 Å². The number of amides is 2. The average molecular weight is 779 g/mol. The number of carbonyl (C=O) groups excluding carboxylic acids is 5. The van der Waals surface area contributed by atoms with Gasteiger partial charge in [-0.2, -0.15) is 0 Å². The van der Waals surface area contributed by atoms with Crippen molar-refractivity contribution in [1.29, 1.82) is 0 Å². The van der Waals surface area contributed by atoms with E-state index in [4.69, 9.17) is 9.84 Å². The SMILES string of the molecule is CC(C)C1=C2C3CCC4C(C)(CCC5C(C)(C)C(OC(=O)CC(C)(C)C=O)CCC54C)C3CCC2(CCN(CC2CC2)C(=O)CN2CCCC2=O)CC1=O.CO. The molecule has 6 fully saturated rings. The molecule has 0 aromatic heterocycles. The minimum Gasteiger partial charge on any atom is -0.462 e. The molecule has 2 amide bonds. The molecule has 9 heteroatoms. The zero-order chi connectivity index (χ0) is 41.0. The monoisotopic (exact) mass is 779 g/mol. The maximum Gasteiger partial charge on any atom is 0.307 e. The fourth-order valence-electron chi connectivity index (χ4n) is 14.0. The van der Waals surface area contributed by atoms with Crippen molar-refractivity contribution >= 4 is 29.9 Å². The summed E-state index contributed by atoms with van der Waals surface area (Å²) in [6, 6.07) is 0. The van der Waals surface area contributed by atoms with E-state index in [-0.39, 0.29) is 64.4 Å². The number of ether oxygens (including phenoxy) is 1. The second-order valence-electron chi connectivity index (χ2n) is 21.4. The zero-order valence-corrected chi connectivity index (χ0v) is 36.3. The number of Topliss-reactive ketones (excluding diaryl/α,β-unsaturated/α-hetero) is 1. The van der Waals surface area contributed by atoms with Crippen LogP contribution in [0, 0.1) is 62.6 Å². The summed E-state index contributed by atoms with van der Waals surface area (Å²) < 4.78 is 6.23. The van der Waals surface area contributed by atoms with Gasteiger partial charge < -0.3 is 24.4 Å². The number of fused-ring (bicyclic) bond motifs is 7. The molecule has 0 spiro atoms. The van der Waals surface area contributed by atoms with Gasteiger partial charge in [0.15, 0.2) is 5.78 Å². The first-order chi connectivity index (χ1) is 26.3. The number of aliphatic hydroxyl groups is 1. The lowest BCUT2D eigenvalue weighted by Gasteiger charge is -2.69. The van der Waals surface area contributed by atoms with E-state index in [9.17, 15) is 24.0 Å². The lowest BCUT2D eigenvalue weighted by molar-refractivity contribution is -0.213. The summed E-state index contributed by atoms with van der Waals surface area (Å²) in [5, 5.41) is 7.00. The van der Waals surface area contributed by atoms with Crippen LogP contribution in [0.1, 0.15) is 152 Å². The standard InChI is InChI=1S/C46H70N2O6.CH4O/c1-29(2)40-33(50)24-46(21-23-48(26-30-11-12-30)38(52)27-47-22-9-10-37(47)51)20-15-32-31(41(40)46)13-14-35-44(32,7)18-16-34-43(5,6)36(17-19-45(34,35)8)54-39(53)25-42(3,4)28-49;1-2/h28-32,34-36H,9-27H2,1-8H3;2H,1H3. The Morgan fingerprint density at radius 2 is 1.64 bits per heavy atom. The lowest BCUT2D eigenvalue weighted by atomic mass is 9.36. The molecule has 8 atom stereocenters. The minimum atomic E-state index is -0.718. The van der Waals surface area contributed by atoms with Crippen molar-refractivity contribution in [3.8, 4) is 0 Å². The molecular weight excluding hydrogens is 705 g/mol. The van der Waals surface area contributed by atoms with Crippen LogP contribution < -0.4 is 0 Å². The summed E-state index contributed by atoms with van der Waals surface area (Å²) in [7, 11) is 1.00. The molecule has 9 nitrogen and oxygen atoms in total. The Bertz CT molecular complexity index is 1580. The Morgan fingerprint density at radius 1 is 0.946 bits per heavy atom. The molecule has 7 aliphatic rings. The van der Waals surface area contributed by atoms with Crippen LogP contribution in [0.2, 0.25) is 0 Å². The highest BCUT2D eigenvalue weighted by molar-refractivity contribution is 6.00. The number of aldehydes is 1. The lowest BCUT2D eigenvalue weighted by Crippen LogP contribution is -2.63. The number of ketones is 1. The Balaban J connectivity index is 0.00000262. The van der Waals surface area contributed by atoms with Crippen molar-refractivity contribution in [2.45, 2.75) is 158 Å². The third kappa shape index (κ3) is 7.70. The predicted molar refractivity (Wildman–Crippen MR) is 217 cm³/mol. The molecule has 0 aromatic rings. The van der Waals surface area contributed by atoms with Crippen molar-refractivity contribution < 1.29 is 33.8 Å². The van der Waals surface area contributed by atoms with Gasteiger partial charge in [-0.3, -0.25) is 19.2 Å². The minimum absolute atomic E-state index is 0.0800. The second kappa shape index (κ2) is 15.9. The third-order valence-electron chi connectivity index (χ3n) is 16.8. The highest BCUT2D eigenvalue weighted by Gasteiger charge is 2.66. The largest absolute Gasteiger partial charge is 0.462 e. The Morgan fingerprint density at radius 3 is 2.27 bits per heavy atom. The molecule has 314 valence electrons. The van der Waals surface area contributed by atoms with Gasteiger partial charge in [-0.05, 0) is 129 Å². The molecule has 1 aliphatic heterocycles. The molecule has 1 saturated heterocycles. The highest BCUT2D eigenvalue weighted by atomic mass is 16.5. The van der Waals surface area contributed by atoms with Crippen molar-refractivity contribution in [3.63, 3.8) is 0 Å². The molecule has 0 radical (unpaired) electrons. The summed E-state index contributed by atoms with van der Waals surface area (Å²) in [4.78, 5) is 68.8. The van der Waals surface area contributed by atoms with Crippen LogP contribution in [0.3, 0.4) is 0 Å². The average Bonchev–Trinajstić information content (AvgIpc) is 3.78. The van der Waals surface area contributed by atoms with E-state index in [1.54, 1.807) is 18.7 Å². The number of nitrogens with zero attached hydrogens (tertiary/aromatic N) is 2. The molecule has 8 unspecified atom stereocenters. The fraction of sp³-hybridized carbons (Fsp3) is 0.851. The molecule has 5 saturated carbocycles. The predicted octanol–water partition coefficient (Wildman–Crippen LogP) is 7.96. The van der Waals surface area contributed by atoms with Crippen LogP contribution in [-0.2, 0) is 28.7 Å². The van der Waals surface area contributed by atoms with Crippen LogP contribution in [0.15, 0.2) is 11.1 Å². The molecule has 1 heterocycles. The number of hydrogen-bond acceptors (Lipinski definition) is 7.